The van der Waals surface area contributed by atoms with Gasteiger partial charge in [0, 0.05) is 12.1 Å². The molecule has 0 radical (unpaired) electrons. The molecule has 1 fully saturated rings. The number of Topliss-reactive ketones (excluding diaryl/α,β-unsaturated/α-hetero) is 1. The number of carbonyl (C=O) groups excluding carboxylic acids is 2. The van der Waals surface area contributed by atoms with Gasteiger partial charge < -0.3 is 24.8 Å². The standard InChI is InChI=1S/C31H32F2N2O5/c1-31(2)18-39-29-24(33)15-22(16-26(29)40-31)27(36)25(17-35-13-3-4-14-35)34-30(38)28(37)21-7-5-19(6-8-21)20-9-11-23(32)12-10-20/h5-12,15-16,25,27,36H,3-4,13-14,17-18H2,1-2H3,(H,34,38)/t25-,27-/m1/s1. The van der Waals surface area contributed by atoms with E-state index in [0.717, 1.165) is 37.1 Å². The minimum Gasteiger partial charge on any atom is -0.483 e. The SMILES string of the molecule is CC1(C)COc2c(F)cc([C@@H](O)[C@@H](CN3CCCC3)NC(=O)C(=O)c3ccc(-c4ccc(F)cc4)cc3)cc2O1. The van der Waals surface area contributed by atoms with E-state index in [9.17, 15) is 23.5 Å². The smallest absolute Gasteiger partial charge is 0.292 e. The van der Waals surface area contributed by atoms with Crippen LogP contribution in [0.3, 0.4) is 0 Å². The van der Waals surface area contributed by atoms with Crippen molar-refractivity contribution in [2.24, 2.45) is 0 Å². The Balaban J connectivity index is 1.34. The summed E-state index contributed by atoms with van der Waals surface area (Å²) in [5.74, 6) is -2.51. The Morgan fingerprint density at radius 1 is 1.00 bits per heavy atom. The second-order valence-corrected chi connectivity index (χ2v) is 10.9. The van der Waals surface area contributed by atoms with Crippen LogP contribution in [0, 0.1) is 11.6 Å². The van der Waals surface area contributed by atoms with E-state index >= 15 is 0 Å². The number of ether oxygens (including phenoxy) is 2. The van der Waals surface area contributed by atoms with Crippen LogP contribution in [0.5, 0.6) is 11.5 Å². The van der Waals surface area contributed by atoms with Crippen LogP contribution in [0.2, 0.25) is 0 Å². The Morgan fingerprint density at radius 2 is 1.62 bits per heavy atom. The van der Waals surface area contributed by atoms with E-state index in [0.29, 0.717) is 0 Å². The maximum atomic E-state index is 14.9. The van der Waals surface area contributed by atoms with Gasteiger partial charge >= 0.3 is 0 Å². The van der Waals surface area contributed by atoms with Gasteiger partial charge in [-0.1, -0.05) is 36.4 Å². The average molecular weight is 551 g/mol. The van der Waals surface area contributed by atoms with Gasteiger partial charge in [0.2, 0.25) is 5.78 Å². The van der Waals surface area contributed by atoms with Crippen LogP contribution in [0.15, 0.2) is 60.7 Å². The van der Waals surface area contributed by atoms with E-state index in [1.54, 1.807) is 24.3 Å². The molecule has 1 amide bonds. The van der Waals surface area contributed by atoms with Crippen LogP contribution in [0.1, 0.15) is 48.7 Å². The van der Waals surface area contributed by atoms with Gasteiger partial charge in [-0.05, 0) is 80.7 Å². The number of aliphatic hydroxyl groups excluding tert-OH is 1. The summed E-state index contributed by atoms with van der Waals surface area (Å²) in [4.78, 5) is 28.2. The number of aliphatic hydroxyl groups is 1. The minimum absolute atomic E-state index is 0.0188. The lowest BCUT2D eigenvalue weighted by atomic mass is 9.99. The summed E-state index contributed by atoms with van der Waals surface area (Å²) in [5, 5.41) is 14.0. The highest BCUT2D eigenvalue weighted by Gasteiger charge is 2.34. The van der Waals surface area contributed by atoms with Crippen molar-refractivity contribution in [2.45, 2.75) is 44.4 Å². The fraction of sp³-hybridized carbons (Fsp3) is 0.355. The molecule has 5 rings (SSSR count). The van der Waals surface area contributed by atoms with Crippen molar-refractivity contribution in [3.8, 4) is 22.6 Å². The van der Waals surface area contributed by atoms with Crippen molar-refractivity contribution in [2.75, 3.05) is 26.2 Å². The zero-order valence-corrected chi connectivity index (χ0v) is 22.5. The van der Waals surface area contributed by atoms with Crippen molar-refractivity contribution >= 4 is 11.7 Å². The molecular weight excluding hydrogens is 518 g/mol. The van der Waals surface area contributed by atoms with Crippen molar-refractivity contribution in [3.05, 3.63) is 83.4 Å². The zero-order valence-electron chi connectivity index (χ0n) is 22.5. The summed E-state index contributed by atoms with van der Waals surface area (Å²) in [6.45, 7) is 5.67. The molecular formula is C31H32F2N2O5. The molecule has 0 unspecified atom stereocenters. The fourth-order valence-corrected chi connectivity index (χ4v) is 5.07. The van der Waals surface area contributed by atoms with Crippen LogP contribution in [0.4, 0.5) is 8.78 Å². The highest BCUT2D eigenvalue weighted by atomic mass is 19.1. The van der Waals surface area contributed by atoms with Crippen LogP contribution >= 0.6 is 0 Å². The maximum absolute atomic E-state index is 14.9. The fourth-order valence-electron chi connectivity index (χ4n) is 5.07. The van der Waals surface area contributed by atoms with Gasteiger partial charge in [-0.2, -0.15) is 0 Å². The molecule has 0 aliphatic carbocycles. The Labute approximate surface area is 231 Å². The van der Waals surface area contributed by atoms with E-state index in [-0.39, 0.29) is 41.6 Å². The first kappa shape index (κ1) is 27.7. The summed E-state index contributed by atoms with van der Waals surface area (Å²) >= 11 is 0. The van der Waals surface area contributed by atoms with Crippen LogP contribution < -0.4 is 14.8 Å². The number of halogens is 2. The lowest BCUT2D eigenvalue weighted by Gasteiger charge is -2.34. The predicted molar refractivity (Wildman–Crippen MR) is 145 cm³/mol. The Bertz CT molecular complexity index is 1390. The number of hydrogen-bond acceptors (Lipinski definition) is 6. The third-order valence-electron chi connectivity index (χ3n) is 7.21. The van der Waals surface area contributed by atoms with Crippen molar-refractivity contribution in [1.29, 1.82) is 0 Å². The molecule has 0 aromatic heterocycles. The maximum Gasteiger partial charge on any atom is 0.292 e. The third-order valence-corrected chi connectivity index (χ3v) is 7.21. The van der Waals surface area contributed by atoms with E-state index in [4.69, 9.17) is 9.47 Å². The highest BCUT2D eigenvalue weighted by Crippen LogP contribution is 2.40. The molecule has 2 atom stereocenters. The number of ketones is 1. The Hall–Kier alpha value is -3.82. The average Bonchev–Trinajstić information content (AvgIpc) is 3.45. The molecule has 2 heterocycles. The number of rotatable bonds is 8. The normalized spacial score (nSPS) is 17.7. The number of amides is 1. The second kappa shape index (κ2) is 11.3. The minimum atomic E-state index is -1.31. The summed E-state index contributed by atoms with van der Waals surface area (Å²) in [5.41, 5.74) is 1.24. The number of likely N-dealkylation sites (tertiary alicyclic amines) is 1. The van der Waals surface area contributed by atoms with E-state index in [1.165, 1.54) is 36.4 Å². The van der Waals surface area contributed by atoms with Crippen molar-refractivity contribution in [3.63, 3.8) is 0 Å². The summed E-state index contributed by atoms with van der Waals surface area (Å²) < 4.78 is 39.6. The number of hydrogen-bond donors (Lipinski definition) is 2. The lowest BCUT2D eigenvalue weighted by molar-refractivity contribution is -0.118. The first-order valence-electron chi connectivity index (χ1n) is 13.4. The number of nitrogens with one attached hydrogen (secondary N) is 1. The van der Waals surface area contributed by atoms with Gasteiger partial charge in [0.15, 0.2) is 17.3 Å². The number of benzene rings is 3. The monoisotopic (exact) mass is 550 g/mol. The van der Waals surface area contributed by atoms with Crippen LogP contribution in [0.25, 0.3) is 11.1 Å². The second-order valence-electron chi connectivity index (χ2n) is 10.9. The highest BCUT2D eigenvalue weighted by molar-refractivity contribution is 6.42. The van der Waals surface area contributed by atoms with Crippen LogP contribution in [-0.4, -0.2) is 59.6 Å². The van der Waals surface area contributed by atoms with Gasteiger partial charge in [0.25, 0.3) is 5.91 Å². The third kappa shape index (κ3) is 6.16. The topological polar surface area (TPSA) is 88.1 Å². The van der Waals surface area contributed by atoms with Crippen LogP contribution in [-0.2, 0) is 4.79 Å². The van der Waals surface area contributed by atoms with Crippen molar-refractivity contribution < 1.29 is 33.0 Å². The van der Waals surface area contributed by atoms with Gasteiger partial charge in [0.1, 0.15) is 24.1 Å². The molecule has 9 heteroatoms. The molecule has 210 valence electrons. The van der Waals surface area contributed by atoms with Crippen molar-refractivity contribution in [1.82, 2.24) is 10.2 Å². The van der Waals surface area contributed by atoms with E-state index in [2.05, 4.69) is 10.2 Å². The Kier molecular flexibility index (Phi) is 7.87. The quantitative estimate of drug-likeness (QED) is 0.313. The summed E-state index contributed by atoms with van der Waals surface area (Å²) in [7, 11) is 0. The molecule has 1 saturated heterocycles. The molecule has 7 nitrogen and oxygen atoms in total. The molecule has 3 aromatic rings. The van der Waals surface area contributed by atoms with Gasteiger partial charge in [0.05, 0.1) is 6.04 Å². The summed E-state index contributed by atoms with van der Waals surface area (Å²) in [6.07, 6.45) is 0.667. The Morgan fingerprint density at radius 3 is 2.27 bits per heavy atom. The number of fused-ring (bicyclic) bond motifs is 1. The van der Waals surface area contributed by atoms with Gasteiger partial charge in [-0.3, -0.25) is 9.59 Å². The molecule has 2 aliphatic rings. The largest absolute Gasteiger partial charge is 0.483 e. The van der Waals surface area contributed by atoms with Gasteiger partial charge in [-0.15, -0.1) is 0 Å². The first-order valence-corrected chi connectivity index (χ1v) is 13.4. The molecule has 0 spiro atoms. The molecule has 2 N–H and O–H groups in total. The molecule has 0 bridgehead atoms. The molecule has 2 aliphatic heterocycles. The summed E-state index contributed by atoms with van der Waals surface area (Å²) in [6, 6.07) is 14.2. The lowest BCUT2D eigenvalue weighted by Crippen LogP contribution is -2.48. The predicted octanol–water partition coefficient (Wildman–Crippen LogP) is 4.68. The van der Waals surface area contributed by atoms with Gasteiger partial charge in [-0.25, -0.2) is 8.78 Å². The number of carbonyl (C=O) groups is 2. The molecule has 40 heavy (non-hydrogen) atoms. The molecule has 3 aromatic carbocycles. The first-order chi connectivity index (χ1) is 19.1. The number of nitrogens with zero attached hydrogens (tertiary/aromatic N) is 1. The molecule has 0 saturated carbocycles. The van der Waals surface area contributed by atoms with E-state index < -0.39 is 35.3 Å². The zero-order chi connectivity index (χ0) is 28.4. The van der Waals surface area contributed by atoms with E-state index in [1.807, 2.05) is 13.8 Å².